The molecule has 4 N–H and O–H groups in total. The third-order valence-electron chi connectivity index (χ3n) is 3.44. The summed E-state index contributed by atoms with van der Waals surface area (Å²) in [5.74, 6) is 6.43. The van der Waals surface area contributed by atoms with Gasteiger partial charge in [0, 0.05) is 17.8 Å². The van der Waals surface area contributed by atoms with Crippen molar-refractivity contribution in [1.82, 2.24) is 10.3 Å². The highest BCUT2D eigenvalue weighted by molar-refractivity contribution is 5.94. The molecule has 1 saturated carbocycles. The van der Waals surface area contributed by atoms with Gasteiger partial charge in [0.05, 0.1) is 0 Å². The topological polar surface area (TPSA) is 80.0 Å². The summed E-state index contributed by atoms with van der Waals surface area (Å²) in [5.41, 5.74) is 3.04. The lowest BCUT2D eigenvalue weighted by Gasteiger charge is -2.27. The van der Waals surface area contributed by atoms with Crippen LogP contribution >= 0.6 is 0 Å². The van der Waals surface area contributed by atoms with Crippen LogP contribution in [0.4, 0.5) is 5.82 Å². The predicted octanol–water partition coefficient (Wildman–Crippen LogP) is 1.68. The number of carbonyl (C=O) groups is 1. The van der Waals surface area contributed by atoms with Crippen molar-refractivity contribution in [2.75, 3.05) is 5.43 Å². The number of pyridine rings is 1. The number of carbonyl (C=O) groups excluding carboxylic acids is 1. The maximum atomic E-state index is 12.1. The number of nitrogens with one attached hydrogen (secondary N) is 2. The molecule has 1 aliphatic carbocycles. The Morgan fingerprint density at radius 3 is 3.06 bits per heavy atom. The molecule has 5 heteroatoms. The van der Waals surface area contributed by atoms with Gasteiger partial charge in [0.1, 0.15) is 5.82 Å². The molecular weight excluding hydrogens is 228 g/mol. The fraction of sp³-hybridized carbons (Fsp3) is 0.538. The third-order valence-corrected chi connectivity index (χ3v) is 3.44. The van der Waals surface area contributed by atoms with E-state index in [1.54, 1.807) is 18.3 Å². The van der Waals surface area contributed by atoms with Crippen LogP contribution in [0.25, 0.3) is 0 Å². The number of hydrogen-bond acceptors (Lipinski definition) is 4. The summed E-state index contributed by atoms with van der Waals surface area (Å²) in [7, 11) is 0. The molecule has 0 bridgehead atoms. The molecule has 1 amide bonds. The molecule has 1 heterocycles. The Balaban J connectivity index is 1.98. The Labute approximate surface area is 107 Å². The van der Waals surface area contributed by atoms with Gasteiger partial charge >= 0.3 is 0 Å². The number of hydrazine groups is 1. The molecule has 2 atom stereocenters. The standard InChI is InChI=1S/C13H20N4O/c1-9-3-2-4-11(7-9)16-13(18)10-5-6-15-12(8-10)17-14/h5-6,8-9,11H,2-4,7,14H2,1H3,(H,15,17)(H,16,18). The minimum Gasteiger partial charge on any atom is -0.349 e. The van der Waals surface area contributed by atoms with Crippen LogP contribution in [0.3, 0.4) is 0 Å². The van der Waals surface area contributed by atoms with Crippen LogP contribution in [-0.2, 0) is 0 Å². The number of nitrogen functional groups attached to an aromatic ring is 1. The fourth-order valence-corrected chi connectivity index (χ4v) is 2.48. The smallest absolute Gasteiger partial charge is 0.251 e. The van der Waals surface area contributed by atoms with E-state index in [-0.39, 0.29) is 5.91 Å². The maximum absolute atomic E-state index is 12.1. The number of nitrogens with two attached hydrogens (primary N) is 1. The highest BCUT2D eigenvalue weighted by atomic mass is 16.1. The first kappa shape index (κ1) is 12.8. The van der Waals surface area contributed by atoms with Crippen molar-refractivity contribution in [1.29, 1.82) is 0 Å². The summed E-state index contributed by atoms with van der Waals surface area (Å²) in [6, 6.07) is 3.65. The molecule has 18 heavy (non-hydrogen) atoms. The van der Waals surface area contributed by atoms with E-state index < -0.39 is 0 Å². The van der Waals surface area contributed by atoms with Crippen LogP contribution in [0, 0.1) is 5.92 Å². The van der Waals surface area contributed by atoms with Gasteiger partial charge in [-0.05, 0) is 30.9 Å². The molecule has 1 aromatic rings. The van der Waals surface area contributed by atoms with Crippen molar-refractivity contribution < 1.29 is 4.79 Å². The summed E-state index contributed by atoms with van der Waals surface area (Å²) in [6.07, 6.45) is 6.18. The number of aromatic nitrogens is 1. The van der Waals surface area contributed by atoms with Crippen LogP contribution in [0.15, 0.2) is 18.3 Å². The third kappa shape index (κ3) is 3.20. The number of amides is 1. The number of nitrogens with zero attached hydrogens (tertiary/aromatic N) is 1. The first-order valence-corrected chi connectivity index (χ1v) is 6.42. The molecule has 0 aliphatic heterocycles. The Bertz CT molecular complexity index is 421. The maximum Gasteiger partial charge on any atom is 0.251 e. The molecule has 0 radical (unpaired) electrons. The molecule has 2 unspecified atom stereocenters. The summed E-state index contributed by atoms with van der Waals surface area (Å²) < 4.78 is 0. The van der Waals surface area contributed by atoms with Crippen molar-refractivity contribution in [2.24, 2.45) is 11.8 Å². The number of rotatable bonds is 3. The van der Waals surface area contributed by atoms with Crippen LogP contribution in [0.5, 0.6) is 0 Å². The molecule has 0 aromatic carbocycles. The Morgan fingerprint density at radius 1 is 1.50 bits per heavy atom. The fourth-order valence-electron chi connectivity index (χ4n) is 2.48. The molecule has 1 aliphatic rings. The van der Waals surface area contributed by atoms with Gasteiger partial charge in [-0.25, -0.2) is 10.8 Å². The quantitative estimate of drug-likeness (QED) is 0.561. The zero-order chi connectivity index (χ0) is 13.0. The SMILES string of the molecule is CC1CCCC(NC(=O)c2ccnc(NN)c2)C1. The van der Waals surface area contributed by atoms with Gasteiger partial charge in [-0.3, -0.25) is 4.79 Å². The largest absolute Gasteiger partial charge is 0.349 e. The summed E-state index contributed by atoms with van der Waals surface area (Å²) in [4.78, 5) is 16.1. The van der Waals surface area contributed by atoms with Gasteiger partial charge in [0.2, 0.25) is 0 Å². The Hall–Kier alpha value is -1.62. The summed E-state index contributed by atoms with van der Waals surface area (Å²) >= 11 is 0. The molecule has 1 fully saturated rings. The van der Waals surface area contributed by atoms with E-state index in [0.717, 1.165) is 12.8 Å². The number of hydrogen-bond donors (Lipinski definition) is 3. The molecular formula is C13H20N4O. The highest BCUT2D eigenvalue weighted by Crippen LogP contribution is 2.23. The number of anilines is 1. The van der Waals surface area contributed by atoms with Gasteiger partial charge < -0.3 is 10.7 Å². The lowest BCUT2D eigenvalue weighted by atomic mass is 9.87. The second-order valence-corrected chi connectivity index (χ2v) is 5.02. The van der Waals surface area contributed by atoms with E-state index in [1.807, 2.05) is 0 Å². The lowest BCUT2D eigenvalue weighted by Crippen LogP contribution is -2.38. The van der Waals surface area contributed by atoms with E-state index >= 15 is 0 Å². The van der Waals surface area contributed by atoms with E-state index in [9.17, 15) is 4.79 Å². The van der Waals surface area contributed by atoms with E-state index in [2.05, 4.69) is 22.7 Å². The molecule has 5 nitrogen and oxygen atoms in total. The van der Waals surface area contributed by atoms with Crippen molar-refractivity contribution in [3.63, 3.8) is 0 Å². The normalized spacial score (nSPS) is 23.4. The first-order chi connectivity index (χ1) is 8.69. The van der Waals surface area contributed by atoms with E-state index in [1.165, 1.54) is 12.8 Å². The van der Waals surface area contributed by atoms with E-state index in [0.29, 0.717) is 23.3 Å². The van der Waals surface area contributed by atoms with Crippen molar-refractivity contribution in [2.45, 2.75) is 38.6 Å². The van der Waals surface area contributed by atoms with E-state index in [4.69, 9.17) is 5.84 Å². The van der Waals surface area contributed by atoms with Crippen molar-refractivity contribution in [3.8, 4) is 0 Å². The van der Waals surface area contributed by atoms with Gasteiger partial charge in [-0.2, -0.15) is 0 Å². The van der Waals surface area contributed by atoms with Gasteiger partial charge in [0.15, 0.2) is 0 Å². The molecule has 1 aromatic heterocycles. The summed E-state index contributed by atoms with van der Waals surface area (Å²) in [6.45, 7) is 2.24. The molecule has 0 saturated heterocycles. The molecule has 2 rings (SSSR count). The van der Waals surface area contributed by atoms with Gasteiger partial charge in [0.25, 0.3) is 5.91 Å². The Morgan fingerprint density at radius 2 is 2.33 bits per heavy atom. The van der Waals surface area contributed by atoms with Gasteiger partial charge in [-0.1, -0.05) is 19.8 Å². The monoisotopic (exact) mass is 248 g/mol. The van der Waals surface area contributed by atoms with Gasteiger partial charge in [-0.15, -0.1) is 0 Å². The van der Waals surface area contributed by atoms with Crippen LogP contribution < -0.4 is 16.6 Å². The minimum atomic E-state index is -0.0481. The van der Waals surface area contributed by atoms with Crippen molar-refractivity contribution >= 4 is 11.7 Å². The second-order valence-electron chi connectivity index (χ2n) is 5.02. The lowest BCUT2D eigenvalue weighted by molar-refractivity contribution is 0.0921. The van der Waals surface area contributed by atoms with Crippen molar-refractivity contribution in [3.05, 3.63) is 23.9 Å². The zero-order valence-electron chi connectivity index (χ0n) is 10.6. The van der Waals surface area contributed by atoms with Crippen LogP contribution in [0.1, 0.15) is 43.0 Å². The van der Waals surface area contributed by atoms with Crippen LogP contribution in [-0.4, -0.2) is 16.9 Å². The molecule has 0 spiro atoms. The predicted molar refractivity (Wildman–Crippen MR) is 70.9 cm³/mol. The second kappa shape index (κ2) is 5.82. The average Bonchev–Trinajstić information content (AvgIpc) is 2.39. The average molecular weight is 248 g/mol. The Kier molecular flexibility index (Phi) is 4.15. The molecule has 98 valence electrons. The minimum absolute atomic E-state index is 0.0481. The van der Waals surface area contributed by atoms with Crippen LogP contribution in [0.2, 0.25) is 0 Å². The summed E-state index contributed by atoms with van der Waals surface area (Å²) in [5, 5.41) is 3.08. The zero-order valence-corrected chi connectivity index (χ0v) is 10.6. The first-order valence-electron chi connectivity index (χ1n) is 6.42. The highest BCUT2D eigenvalue weighted by Gasteiger charge is 2.20.